The van der Waals surface area contributed by atoms with Crippen LogP contribution in [0.25, 0.3) is 0 Å². The fourth-order valence-electron chi connectivity index (χ4n) is 1.89. The highest BCUT2D eigenvalue weighted by molar-refractivity contribution is 7.92. The first-order valence-corrected chi connectivity index (χ1v) is 7.49. The summed E-state index contributed by atoms with van der Waals surface area (Å²) in [5.74, 6) is -0.517. The lowest BCUT2D eigenvalue weighted by molar-refractivity contribution is 0.415. The molecule has 21 heavy (non-hydrogen) atoms. The first-order chi connectivity index (χ1) is 9.87. The number of ether oxygens (including phenoxy) is 1. The first-order valence-electron chi connectivity index (χ1n) is 6.05. The van der Waals surface area contributed by atoms with Gasteiger partial charge in [0.2, 0.25) is 0 Å². The van der Waals surface area contributed by atoms with E-state index in [1.165, 1.54) is 20.2 Å². The molecule has 0 aromatic heterocycles. The van der Waals surface area contributed by atoms with Crippen molar-refractivity contribution in [1.29, 1.82) is 0 Å². The normalized spacial score (nSPS) is 11.2. The summed E-state index contributed by atoms with van der Waals surface area (Å²) in [5, 5.41) is 0. The molecule has 0 heterocycles. The number of hydrogen-bond donors (Lipinski definition) is 1. The van der Waals surface area contributed by atoms with E-state index in [1.807, 2.05) is 0 Å². The van der Waals surface area contributed by atoms with Crippen LogP contribution in [-0.4, -0.2) is 22.6 Å². The number of halogens is 1. The van der Waals surface area contributed by atoms with Gasteiger partial charge in [-0.05, 0) is 30.3 Å². The van der Waals surface area contributed by atoms with E-state index in [4.69, 9.17) is 10.5 Å². The molecular formula is C14H15FN2O3S. The second kappa shape index (κ2) is 5.61. The van der Waals surface area contributed by atoms with Crippen molar-refractivity contribution in [1.82, 2.24) is 0 Å². The maximum Gasteiger partial charge on any atom is 0.267 e. The summed E-state index contributed by atoms with van der Waals surface area (Å²) in [7, 11) is -1.28. The Balaban J connectivity index is 2.53. The Morgan fingerprint density at radius 2 is 1.86 bits per heavy atom. The number of nitrogens with zero attached hydrogens (tertiary/aromatic N) is 1. The van der Waals surface area contributed by atoms with Crippen LogP contribution in [0, 0.1) is 5.82 Å². The van der Waals surface area contributed by atoms with Crippen molar-refractivity contribution in [2.45, 2.75) is 4.90 Å². The average Bonchev–Trinajstić information content (AvgIpc) is 2.46. The Morgan fingerprint density at radius 3 is 2.48 bits per heavy atom. The Kier molecular flexibility index (Phi) is 4.04. The zero-order chi connectivity index (χ0) is 15.6. The van der Waals surface area contributed by atoms with E-state index in [2.05, 4.69) is 0 Å². The molecule has 2 aromatic rings. The van der Waals surface area contributed by atoms with Gasteiger partial charge >= 0.3 is 0 Å². The lowest BCUT2D eigenvalue weighted by Gasteiger charge is -2.21. The number of benzene rings is 2. The van der Waals surface area contributed by atoms with Gasteiger partial charge < -0.3 is 10.5 Å². The number of rotatable bonds is 4. The fraction of sp³-hybridized carbons (Fsp3) is 0.143. The standard InChI is InChI=1S/C14H15FN2O3S/c1-17(12-5-3-4-6-13(12)20-2)21(18,19)14-8-7-10(16)9-11(14)15/h3-9H,16H2,1-2H3. The van der Waals surface area contributed by atoms with Crippen molar-refractivity contribution in [3.8, 4) is 5.75 Å². The van der Waals surface area contributed by atoms with Gasteiger partial charge in [0.1, 0.15) is 16.5 Å². The summed E-state index contributed by atoms with van der Waals surface area (Å²) in [6.45, 7) is 0. The van der Waals surface area contributed by atoms with Crippen molar-refractivity contribution in [2.24, 2.45) is 0 Å². The number of methoxy groups -OCH3 is 1. The average molecular weight is 310 g/mol. The SMILES string of the molecule is COc1ccccc1N(C)S(=O)(=O)c1ccc(N)cc1F. The Hall–Kier alpha value is -2.28. The molecule has 0 saturated carbocycles. The predicted molar refractivity (Wildman–Crippen MR) is 79.4 cm³/mol. The number of sulfonamides is 1. The van der Waals surface area contributed by atoms with Crippen LogP contribution >= 0.6 is 0 Å². The number of nitrogens with two attached hydrogens (primary N) is 1. The molecule has 0 radical (unpaired) electrons. The molecule has 0 amide bonds. The molecule has 0 unspecified atom stereocenters. The van der Waals surface area contributed by atoms with Crippen molar-refractivity contribution in [3.63, 3.8) is 0 Å². The van der Waals surface area contributed by atoms with Gasteiger partial charge in [-0.25, -0.2) is 12.8 Å². The molecule has 0 atom stereocenters. The summed E-state index contributed by atoms with van der Waals surface area (Å²) >= 11 is 0. The molecule has 0 fully saturated rings. The lowest BCUT2D eigenvalue weighted by Crippen LogP contribution is -2.27. The van der Waals surface area contributed by atoms with Gasteiger partial charge in [0.05, 0.1) is 12.8 Å². The second-order valence-corrected chi connectivity index (χ2v) is 6.27. The van der Waals surface area contributed by atoms with E-state index in [0.29, 0.717) is 11.4 Å². The molecule has 0 aliphatic heterocycles. The number of nitrogen functional groups attached to an aromatic ring is 1. The van der Waals surface area contributed by atoms with Gasteiger partial charge in [0.15, 0.2) is 0 Å². The van der Waals surface area contributed by atoms with E-state index in [9.17, 15) is 12.8 Å². The van der Waals surface area contributed by atoms with Gasteiger partial charge in [-0.2, -0.15) is 0 Å². The second-order valence-electron chi connectivity index (χ2n) is 4.33. The van der Waals surface area contributed by atoms with Gasteiger partial charge in [-0.3, -0.25) is 4.31 Å². The van der Waals surface area contributed by atoms with Crippen LogP contribution in [0.4, 0.5) is 15.8 Å². The van der Waals surface area contributed by atoms with Crippen LogP contribution in [0.15, 0.2) is 47.4 Å². The Morgan fingerprint density at radius 1 is 1.19 bits per heavy atom. The minimum absolute atomic E-state index is 0.159. The minimum atomic E-state index is -4.05. The van der Waals surface area contributed by atoms with Crippen molar-refractivity contribution in [2.75, 3.05) is 24.2 Å². The zero-order valence-corrected chi connectivity index (χ0v) is 12.4. The monoisotopic (exact) mass is 310 g/mol. The summed E-state index contributed by atoms with van der Waals surface area (Å²) in [6.07, 6.45) is 0. The summed E-state index contributed by atoms with van der Waals surface area (Å²) in [4.78, 5) is -0.440. The molecule has 2 aromatic carbocycles. The lowest BCUT2D eigenvalue weighted by atomic mass is 10.3. The third-order valence-corrected chi connectivity index (χ3v) is 4.82. The topological polar surface area (TPSA) is 72.6 Å². The van der Waals surface area contributed by atoms with E-state index in [-0.39, 0.29) is 5.69 Å². The predicted octanol–water partition coefficient (Wildman–Crippen LogP) is 2.24. The highest BCUT2D eigenvalue weighted by Crippen LogP contribution is 2.31. The third-order valence-electron chi connectivity index (χ3n) is 3.02. The maximum atomic E-state index is 13.9. The molecule has 2 N–H and O–H groups in total. The highest BCUT2D eigenvalue weighted by atomic mass is 32.2. The zero-order valence-electron chi connectivity index (χ0n) is 11.6. The van der Waals surface area contributed by atoms with Crippen molar-refractivity contribution in [3.05, 3.63) is 48.3 Å². The molecule has 0 aliphatic rings. The highest BCUT2D eigenvalue weighted by Gasteiger charge is 2.26. The fourth-order valence-corrected chi connectivity index (χ4v) is 3.14. The molecule has 0 saturated heterocycles. The van der Waals surface area contributed by atoms with Crippen LogP contribution in [-0.2, 0) is 10.0 Å². The smallest absolute Gasteiger partial charge is 0.267 e. The number of anilines is 2. The summed E-state index contributed by atoms with van der Waals surface area (Å²) in [5.41, 5.74) is 5.91. The van der Waals surface area contributed by atoms with Crippen LogP contribution in [0.5, 0.6) is 5.75 Å². The van der Waals surface area contributed by atoms with E-state index < -0.39 is 20.7 Å². The minimum Gasteiger partial charge on any atom is -0.495 e. The van der Waals surface area contributed by atoms with Crippen LogP contribution in [0.1, 0.15) is 0 Å². The van der Waals surface area contributed by atoms with E-state index in [1.54, 1.807) is 24.3 Å². The van der Waals surface area contributed by atoms with Crippen LogP contribution in [0.2, 0.25) is 0 Å². The summed E-state index contributed by atoms with van der Waals surface area (Å²) in [6, 6.07) is 10.0. The van der Waals surface area contributed by atoms with Crippen molar-refractivity contribution >= 4 is 21.4 Å². The molecule has 0 aliphatic carbocycles. The van der Waals surface area contributed by atoms with Crippen LogP contribution in [0.3, 0.4) is 0 Å². The molecular weight excluding hydrogens is 295 g/mol. The van der Waals surface area contributed by atoms with Gasteiger partial charge in [-0.1, -0.05) is 12.1 Å². The quantitative estimate of drug-likeness (QED) is 0.879. The Labute approximate surface area is 122 Å². The van der Waals surface area contributed by atoms with E-state index in [0.717, 1.165) is 16.4 Å². The van der Waals surface area contributed by atoms with Crippen LogP contribution < -0.4 is 14.8 Å². The largest absolute Gasteiger partial charge is 0.495 e. The molecule has 0 bridgehead atoms. The van der Waals surface area contributed by atoms with Gasteiger partial charge in [-0.15, -0.1) is 0 Å². The van der Waals surface area contributed by atoms with Crippen molar-refractivity contribution < 1.29 is 17.5 Å². The maximum absolute atomic E-state index is 13.9. The molecule has 112 valence electrons. The summed E-state index contributed by atoms with van der Waals surface area (Å²) < 4.78 is 45.0. The molecule has 2 rings (SSSR count). The molecule has 7 heteroatoms. The first kappa shape index (κ1) is 15.1. The molecule has 0 spiro atoms. The van der Waals surface area contributed by atoms with Gasteiger partial charge in [0, 0.05) is 12.7 Å². The van der Waals surface area contributed by atoms with Gasteiger partial charge in [0.25, 0.3) is 10.0 Å². The number of hydrogen-bond acceptors (Lipinski definition) is 4. The third kappa shape index (κ3) is 2.78. The number of para-hydroxylation sites is 2. The molecule has 5 nitrogen and oxygen atoms in total. The van der Waals surface area contributed by atoms with E-state index >= 15 is 0 Å². The Bertz CT molecular complexity index is 763.